The summed E-state index contributed by atoms with van der Waals surface area (Å²) in [4.78, 5) is 2.25. The van der Waals surface area contributed by atoms with Crippen molar-refractivity contribution in [3.8, 4) is 0 Å². The summed E-state index contributed by atoms with van der Waals surface area (Å²) in [6.45, 7) is 1.93. The lowest BCUT2D eigenvalue weighted by Crippen LogP contribution is -2.13. The lowest BCUT2D eigenvalue weighted by Gasteiger charge is -2.11. The summed E-state index contributed by atoms with van der Waals surface area (Å²) in [7, 11) is 0. The van der Waals surface area contributed by atoms with Gasteiger partial charge in [-0.3, -0.25) is 0 Å². The van der Waals surface area contributed by atoms with Gasteiger partial charge in [-0.05, 0) is 11.1 Å². The molecule has 1 aromatic heterocycles. The van der Waals surface area contributed by atoms with E-state index in [2.05, 4.69) is 39.4 Å². The number of anilines is 1. The Morgan fingerprint density at radius 3 is 2.43 bits per heavy atom. The molecule has 0 bridgehead atoms. The maximum Gasteiger partial charge on any atom is 0.208 e. The molecule has 3 nitrogen and oxygen atoms in total. The maximum atomic E-state index is 4.08. The SMILES string of the molecule is c1ccc2c(c1)CN(c1nncs1)C2. The zero-order chi connectivity index (χ0) is 9.38. The van der Waals surface area contributed by atoms with Crippen LogP contribution in [0.25, 0.3) is 0 Å². The Bertz CT molecular complexity index is 413. The molecule has 0 spiro atoms. The van der Waals surface area contributed by atoms with E-state index in [-0.39, 0.29) is 0 Å². The summed E-state index contributed by atoms with van der Waals surface area (Å²) < 4.78 is 0. The monoisotopic (exact) mass is 203 g/mol. The summed E-state index contributed by atoms with van der Waals surface area (Å²) in [6.07, 6.45) is 0. The Hall–Kier alpha value is -1.42. The molecule has 4 heteroatoms. The van der Waals surface area contributed by atoms with Crippen molar-refractivity contribution >= 4 is 16.5 Å². The Balaban J connectivity index is 1.92. The van der Waals surface area contributed by atoms with E-state index in [0.29, 0.717) is 0 Å². The second-order valence-corrected chi connectivity index (χ2v) is 4.16. The van der Waals surface area contributed by atoms with Crippen LogP contribution in [0.3, 0.4) is 0 Å². The second kappa shape index (κ2) is 3.06. The topological polar surface area (TPSA) is 29.0 Å². The van der Waals surface area contributed by atoms with Crippen LogP contribution in [0.5, 0.6) is 0 Å². The lowest BCUT2D eigenvalue weighted by atomic mass is 10.1. The highest BCUT2D eigenvalue weighted by molar-refractivity contribution is 7.13. The van der Waals surface area contributed by atoms with Crippen LogP contribution in [0.15, 0.2) is 29.8 Å². The Morgan fingerprint density at radius 2 is 1.86 bits per heavy atom. The van der Waals surface area contributed by atoms with Gasteiger partial charge in [0.2, 0.25) is 5.13 Å². The first-order valence-corrected chi connectivity index (χ1v) is 5.39. The second-order valence-electron chi connectivity index (χ2n) is 3.35. The van der Waals surface area contributed by atoms with E-state index in [0.717, 1.165) is 18.2 Å². The first kappa shape index (κ1) is 7.94. The van der Waals surface area contributed by atoms with Crippen LogP contribution in [0.4, 0.5) is 5.13 Å². The Kier molecular flexibility index (Phi) is 1.73. The predicted molar refractivity (Wildman–Crippen MR) is 56.2 cm³/mol. The number of hydrogen-bond donors (Lipinski definition) is 0. The molecule has 0 amide bonds. The smallest absolute Gasteiger partial charge is 0.208 e. The third-order valence-electron chi connectivity index (χ3n) is 2.46. The molecule has 1 aromatic carbocycles. The fraction of sp³-hybridized carbons (Fsp3) is 0.200. The van der Waals surface area contributed by atoms with Gasteiger partial charge in [0.05, 0.1) is 0 Å². The van der Waals surface area contributed by atoms with Crippen LogP contribution in [0, 0.1) is 0 Å². The van der Waals surface area contributed by atoms with Crippen LogP contribution in [0.2, 0.25) is 0 Å². The molecule has 14 heavy (non-hydrogen) atoms. The van der Waals surface area contributed by atoms with Crippen molar-refractivity contribution in [2.45, 2.75) is 13.1 Å². The van der Waals surface area contributed by atoms with E-state index < -0.39 is 0 Å². The molecule has 0 atom stereocenters. The minimum Gasteiger partial charge on any atom is -0.338 e. The highest BCUT2D eigenvalue weighted by Crippen LogP contribution is 2.28. The van der Waals surface area contributed by atoms with Crippen LogP contribution in [-0.2, 0) is 13.1 Å². The van der Waals surface area contributed by atoms with Gasteiger partial charge in [-0.1, -0.05) is 35.6 Å². The summed E-state index contributed by atoms with van der Waals surface area (Å²) >= 11 is 1.59. The standard InChI is InChI=1S/C10H9N3S/c1-2-4-9-6-13(5-8(9)3-1)10-12-11-7-14-10/h1-4,7H,5-6H2. The van der Waals surface area contributed by atoms with Crippen molar-refractivity contribution in [3.63, 3.8) is 0 Å². The van der Waals surface area contributed by atoms with Crippen LogP contribution < -0.4 is 4.90 Å². The first-order chi connectivity index (χ1) is 6.93. The van der Waals surface area contributed by atoms with E-state index in [1.165, 1.54) is 11.1 Å². The zero-order valence-electron chi connectivity index (χ0n) is 7.55. The molecule has 0 fully saturated rings. The average molecular weight is 203 g/mol. The minimum atomic E-state index is 0.964. The van der Waals surface area contributed by atoms with Crippen molar-refractivity contribution in [1.29, 1.82) is 0 Å². The normalized spacial score (nSPS) is 14.4. The molecule has 0 aliphatic carbocycles. The number of fused-ring (bicyclic) bond motifs is 1. The Labute approximate surface area is 86.0 Å². The molecule has 2 heterocycles. The van der Waals surface area contributed by atoms with Crippen LogP contribution in [-0.4, -0.2) is 10.2 Å². The number of rotatable bonds is 1. The molecule has 0 saturated heterocycles. The fourth-order valence-electron chi connectivity index (χ4n) is 1.77. The molecule has 1 aliphatic heterocycles. The van der Waals surface area contributed by atoms with Gasteiger partial charge < -0.3 is 4.90 Å². The molecule has 70 valence electrons. The summed E-state index contributed by atoms with van der Waals surface area (Å²) in [5.74, 6) is 0. The van der Waals surface area contributed by atoms with Gasteiger partial charge in [-0.25, -0.2) is 0 Å². The highest BCUT2D eigenvalue weighted by atomic mass is 32.1. The average Bonchev–Trinajstić information content (AvgIpc) is 2.86. The van der Waals surface area contributed by atoms with Crippen LogP contribution in [0.1, 0.15) is 11.1 Å². The van der Waals surface area contributed by atoms with Crippen molar-refractivity contribution in [3.05, 3.63) is 40.9 Å². The molecule has 3 rings (SSSR count). The molecule has 0 N–H and O–H groups in total. The molecule has 0 unspecified atom stereocenters. The van der Waals surface area contributed by atoms with Crippen molar-refractivity contribution in [2.75, 3.05) is 4.90 Å². The molecule has 1 aliphatic rings. The van der Waals surface area contributed by atoms with Crippen molar-refractivity contribution in [1.82, 2.24) is 10.2 Å². The van der Waals surface area contributed by atoms with Gasteiger partial charge in [0, 0.05) is 13.1 Å². The number of benzene rings is 1. The predicted octanol–water partition coefficient (Wildman–Crippen LogP) is 2.06. The highest BCUT2D eigenvalue weighted by Gasteiger charge is 2.20. The Morgan fingerprint density at radius 1 is 1.14 bits per heavy atom. The molecular formula is C10H9N3S. The quantitative estimate of drug-likeness (QED) is 0.710. The summed E-state index contributed by atoms with van der Waals surface area (Å²) in [5.41, 5.74) is 4.59. The maximum absolute atomic E-state index is 4.08. The third kappa shape index (κ3) is 1.19. The van der Waals surface area contributed by atoms with E-state index in [4.69, 9.17) is 0 Å². The lowest BCUT2D eigenvalue weighted by molar-refractivity contribution is 0.856. The van der Waals surface area contributed by atoms with E-state index in [9.17, 15) is 0 Å². The summed E-state index contributed by atoms with van der Waals surface area (Å²) in [6, 6.07) is 8.53. The van der Waals surface area contributed by atoms with Gasteiger partial charge >= 0.3 is 0 Å². The fourth-order valence-corrected chi connectivity index (χ4v) is 2.33. The van der Waals surface area contributed by atoms with Gasteiger partial charge in [-0.2, -0.15) is 0 Å². The van der Waals surface area contributed by atoms with Crippen molar-refractivity contribution < 1.29 is 0 Å². The van der Waals surface area contributed by atoms with E-state index >= 15 is 0 Å². The first-order valence-electron chi connectivity index (χ1n) is 4.51. The van der Waals surface area contributed by atoms with E-state index in [1.807, 2.05) is 0 Å². The molecular weight excluding hydrogens is 194 g/mol. The van der Waals surface area contributed by atoms with Gasteiger partial charge in [0.1, 0.15) is 5.51 Å². The van der Waals surface area contributed by atoms with Crippen LogP contribution >= 0.6 is 11.3 Å². The largest absolute Gasteiger partial charge is 0.338 e. The van der Waals surface area contributed by atoms with Gasteiger partial charge in [-0.15, -0.1) is 10.2 Å². The molecule has 0 radical (unpaired) electrons. The zero-order valence-corrected chi connectivity index (χ0v) is 8.37. The minimum absolute atomic E-state index is 0.964. The van der Waals surface area contributed by atoms with Gasteiger partial charge in [0.25, 0.3) is 0 Å². The summed E-state index contributed by atoms with van der Waals surface area (Å²) in [5, 5.41) is 8.95. The molecule has 2 aromatic rings. The number of nitrogens with zero attached hydrogens (tertiary/aromatic N) is 3. The van der Waals surface area contributed by atoms with Gasteiger partial charge in [0.15, 0.2) is 0 Å². The van der Waals surface area contributed by atoms with E-state index in [1.54, 1.807) is 16.8 Å². The van der Waals surface area contributed by atoms with Crippen molar-refractivity contribution in [2.24, 2.45) is 0 Å². The number of aromatic nitrogens is 2. The number of hydrogen-bond acceptors (Lipinski definition) is 4. The molecule has 0 saturated carbocycles. The third-order valence-corrected chi connectivity index (χ3v) is 3.21.